The molecular formula is C17H22BrFN6O3S. The number of nitrogens with one attached hydrogen (secondary N) is 3. The summed E-state index contributed by atoms with van der Waals surface area (Å²) in [6.07, 6.45) is 3.53. The molecule has 1 heterocycles. The van der Waals surface area contributed by atoms with Gasteiger partial charge in [-0.15, -0.1) is 4.36 Å². The Morgan fingerprint density at radius 3 is 2.66 bits per heavy atom. The second-order valence-electron chi connectivity index (χ2n) is 6.59. The Labute approximate surface area is 176 Å². The summed E-state index contributed by atoms with van der Waals surface area (Å²) in [5, 5.41) is 17.9. The predicted octanol–water partition coefficient (Wildman–Crippen LogP) is 3.56. The van der Waals surface area contributed by atoms with E-state index in [4.69, 9.17) is 0 Å². The van der Waals surface area contributed by atoms with Crippen molar-refractivity contribution in [1.29, 1.82) is 0 Å². The first-order valence-electron chi connectivity index (χ1n) is 8.46. The second-order valence-corrected chi connectivity index (χ2v) is 9.99. The molecule has 0 saturated heterocycles. The van der Waals surface area contributed by atoms with Crippen molar-refractivity contribution in [2.75, 3.05) is 28.5 Å². The first-order chi connectivity index (χ1) is 13.4. The Balaban J connectivity index is 2.22. The molecule has 0 unspecified atom stereocenters. The average Bonchev–Trinajstić information content (AvgIpc) is 2.59. The van der Waals surface area contributed by atoms with Crippen LogP contribution >= 0.6 is 15.9 Å². The minimum absolute atomic E-state index is 0.134. The molecule has 158 valence electrons. The van der Waals surface area contributed by atoms with Crippen LogP contribution in [0.4, 0.5) is 32.3 Å². The number of nitrogens with zero attached hydrogens (tertiary/aromatic N) is 3. The molecule has 9 nitrogen and oxygen atoms in total. The highest BCUT2D eigenvalue weighted by molar-refractivity contribution is 9.10. The van der Waals surface area contributed by atoms with E-state index in [2.05, 4.69) is 46.2 Å². The predicted molar refractivity (Wildman–Crippen MR) is 116 cm³/mol. The average molecular weight is 489 g/mol. The number of halogens is 2. The van der Waals surface area contributed by atoms with Crippen LogP contribution in [0.3, 0.4) is 0 Å². The number of rotatable bonds is 6. The van der Waals surface area contributed by atoms with E-state index in [-0.39, 0.29) is 17.7 Å². The molecule has 2 atom stereocenters. The normalized spacial score (nSPS) is 13.3. The number of aliphatic hydroxyl groups excluding tert-OH is 1. The molecule has 0 aliphatic carbocycles. The quantitative estimate of drug-likeness (QED) is 0.489. The maximum absolute atomic E-state index is 14.0. The molecule has 0 saturated carbocycles. The molecule has 0 radical (unpaired) electrons. The number of benzene rings is 1. The highest BCUT2D eigenvalue weighted by atomic mass is 79.9. The zero-order valence-electron chi connectivity index (χ0n) is 16.2. The number of urea groups is 1. The van der Waals surface area contributed by atoms with E-state index in [1.54, 1.807) is 13.8 Å². The monoisotopic (exact) mass is 488 g/mol. The fraction of sp³-hybridized carbons (Fsp3) is 0.353. The van der Waals surface area contributed by atoms with Crippen molar-refractivity contribution in [2.45, 2.75) is 26.0 Å². The molecule has 1 aromatic heterocycles. The molecule has 0 aliphatic rings. The third kappa shape index (κ3) is 7.22. The van der Waals surface area contributed by atoms with Gasteiger partial charge in [0.1, 0.15) is 11.6 Å². The summed E-state index contributed by atoms with van der Waals surface area (Å²) in [6, 6.07) is 2.78. The Morgan fingerprint density at radius 1 is 1.34 bits per heavy atom. The number of carbonyl (C=O) groups excluding carboxylic acids is 1. The van der Waals surface area contributed by atoms with Gasteiger partial charge >= 0.3 is 6.03 Å². The van der Waals surface area contributed by atoms with E-state index in [1.165, 1.54) is 30.8 Å². The SMILES string of the molecule is C[C@@H](O)[C@@H](C)Nc1nc(Nc2ccc(F)c(NC(=O)N=S(C)(C)=O)c2)ncc1Br. The Bertz CT molecular complexity index is 1020. The lowest BCUT2D eigenvalue weighted by atomic mass is 10.2. The molecular weight excluding hydrogens is 467 g/mol. The van der Waals surface area contributed by atoms with E-state index in [0.717, 1.165) is 6.07 Å². The topological polar surface area (TPSA) is 129 Å². The molecule has 0 spiro atoms. The van der Waals surface area contributed by atoms with Gasteiger partial charge in [0.25, 0.3) is 0 Å². The highest BCUT2D eigenvalue weighted by Crippen LogP contribution is 2.25. The highest BCUT2D eigenvalue weighted by Gasteiger charge is 2.13. The lowest BCUT2D eigenvalue weighted by molar-refractivity contribution is 0.177. The molecule has 29 heavy (non-hydrogen) atoms. The van der Waals surface area contributed by atoms with Gasteiger partial charge in [-0.25, -0.2) is 18.4 Å². The van der Waals surface area contributed by atoms with Gasteiger partial charge in [-0.05, 0) is 48.0 Å². The van der Waals surface area contributed by atoms with Gasteiger partial charge in [-0.3, -0.25) is 0 Å². The lowest BCUT2D eigenvalue weighted by Crippen LogP contribution is -2.28. The van der Waals surface area contributed by atoms with Crippen molar-refractivity contribution in [3.8, 4) is 0 Å². The number of carbonyl (C=O) groups is 1. The first kappa shape index (κ1) is 23.0. The third-order valence-corrected chi connectivity index (χ3v) is 4.78. The van der Waals surface area contributed by atoms with Crippen LogP contribution in [0, 0.1) is 5.82 Å². The molecule has 0 bridgehead atoms. The molecule has 4 N–H and O–H groups in total. The number of amides is 2. The van der Waals surface area contributed by atoms with Crippen molar-refractivity contribution < 1.29 is 18.5 Å². The van der Waals surface area contributed by atoms with Gasteiger partial charge in [0, 0.05) is 24.4 Å². The number of aliphatic hydroxyl groups is 1. The van der Waals surface area contributed by atoms with E-state index >= 15 is 0 Å². The van der Waals surface area contributed by atoms with Crippen LogP contribution < -0.4 is 16.0 Å². The molecule has 0 aliphatic heterocycles. The maximum atomic E-state index is 14.0. The number of hydrogen-bond donors (Lipinski definition) is 4. The molecule has 2 rings (SSSR count). The zero-order valence-corrected chi connectivity index (χ0v) is 18.6. The van der Waals surface area contributed by atoms with Crippen LogP contribution in [0.1, 0.15) is 13.8 Å². The molecule has 0 fully saturated rings. The zero-order chi connectivity index (χ0) is 21.8. The van der Waals surface area contributed by atoms with Crippen LogP contribution in [0.5, 0.6) is 0 Å². The fourth-order valence-corrected chi connectivity index (χ4v) is 2.78. The van der Waals surface area contributed by atoms with Crippen molar-refractivity contribution in [3.05, 3.63) is 34.7 Å². The van der Waals surface area contributed by atoms with E-state index in [9.17, 15) is 18.5 Å². The lowest BCUT2D eigenvalue weighted by Gasteiger charge is -2.18. The number of anilines is 4. The number of hydrogen-bond acceptors (Lipinski definition) is 7. The van der Waals surface area contributed by atoms with Crippen molar-refractivity contribution in [1.82, 2.24) is 9.97 Å². The van der Waals surface area contributed by atoms with Crippen LogP contribution in [-0.4, -0.2) is 50.0 Å². The largest absolute Gasteiger partial charge is 0.391 e. The number of aromatic nitrogens is 2. The minimum Gasteiger partial charge on any atom is -0.391 e. The van der Waals surface area contributed by atoms with Gasteiger partial charge in [0.15, 0.2) is 0 Å². The molecule has 1 aromatic carbocycles. The van der Waals surface area contributed by atoms with Gasteiger partial charge in [-0.1, -0.05) is 0 Å². The van der Waals surface area contributed by atoms with Crippen LogP contribution in [0.15, 0.2) is 33.2 Å². The Kier molecular flexibility index (Phi) is 7.49. The van der Waals surface area contributed by atoms with Crippen LogP contribution in [0.2, 0.25) is 0 Å². The van der Waals surface area contributed by atoms with Crippen molar-refractivity contribution in [3.63, 3.8) is 0 Å². The summed E-state index contributed by atoms with van der Waals surface area (Å²) in [4.78, 5) is 20.2. The van der Waals surface area contributed by atoms with Crippen LogP contribution in [0.25, 0.3) is 0 Å². The van der Waals surface area contributed by atoms with Gasteiger partial charge < -0.3 is 21.1 Å². The summed E-state index contributed by atoms with van der Waals surface area (Å²) in [5.41, 5.74) is 0.276. The molecule has 2 amide bonds. The van der Waals surface area contributed by atoms with Gasteiger partial charge in [0.2, 0.25) is 5.95 Å². The van der Waals surface area contributed by atoms with Gasteiger partial charge in [0.05, 0.1) is 32.0 Å². The van der Waals surface area contributed by atoms with Crippen molar-refractivity contribution >= 4 is 54.8 Å². The minimum atomic E-state index is -2.66. The van der Waals surface area contributed by atoms with Crippen molar-refractivity contribution in [2.24, 2.45) is 4.36 Å². The third-order valence-electron chi connectivity index (χ3n) is 3.60. The maximum Gasteiger partial charge on any atom is 0.353 e. The molecule has 2 aromatic rings. The van der Waals surface area contributed by atoms with E-state index in [0.29, 0.717) is 16.0 Å². The van der Waals surface area contributed by atoms with Crippen LogP contribution in [-0.2, 0) is 9.73 Å². The smallest absolute Gasteiger partial charge is 0.353 e. The summed E-state index contributed by atoms with van der Waals surface area (Å²) >= 11 is 3.34. The van der Waals surface area contributed by atoms with E-state index < -0.39 is 27.7 Å². The molecule has 12 heteroatoms. The standard InChI is InChI=1S/C17H22BrFN6O3S/c1-9(10(2)26)21-15-12(18)8-20-16(24-15)22-11-5-6-13(19)14(7-11)23-17(27)25-29(3,4)28/h5-10,26H,1-4H3,(H,23,27)(H2,20,21,22,24)/t9-,10-/m1/s1. The first-order valence-corrected chi connectivity index (χ1v) is 11.6. The summed E-state index contributed by atoms with van der Waals surface area (Å²) in [7, 11) is -2.66. The fourth-order valence-electron chi connectivity index (χ4n) is 2.03. The summed E-state index contributed by atoms with van der Waals surface area (Å²) < 4.78 is 29.7. The van der Waals surface area contributed by atoms with Gasteiger partial charge in [-0.2, -0.15) is 4.98 Å². The second kappa shape index (κ2) is 9.46. The Morgan fingerprint density at radius 2 is 2.03 bits per heavy atom. The van der Waals surface area contributed by atoms with E-state index in [1.807, 2.05) is 0 Å². The Hall–Kier alpha value is -2.31. The summed E-state index contributed by atoms with van der Waals surface area (Å²) in [6.45, 7) is 3.46. The summed E-state index contributed by atoms with van der Waals surface area (Å²) in [5.74, 6) is 0.000773.